The molecule has 3 aromatic rings. The largest absolute Gasteiger partial charge is 0.496 e. The van der Waals surface area contributed by atoms with Crippen LogP contribution in [0.3, 0.4) is 0 Å². The van der Waals surface area contributed by atoms with Crippen molar-refractivity contribution in [2.24, 2.45) is 0 Å². The van der Waals surface area contributed by atoms with Crippen LogP contribution in [0.1, 0.15) is 22.7 Å². The van der Waals surface area contributed by atoms with Crippen LogP contribution < -0.4 is 4.74 Å². The Labute approximate surface area is 158 Å². The lowest BCUT2D eigenvalue weighted by Crippen LogP contribution is -2.35. The summed E-state index contributed by atoms with van der Waals surface area (Å²) in [6.07, 6.45) is 1.99. The van der Waals surface area contributed by atoms with Gasteiger partial charge < -0.3 is 9.64 Å². The summed E-state index contributed by atoms with van der Waals surface area (Å²) in [5, 5.41) is 11.3. The van der Waals surface area contributed by atoms with E-state index in [1.165, 1.54) is 11.0 Å². The first-order valence-electron chi connectivity index (χ1n) is 8.73. The van der Waals surface area contributed by atoms with Gasteiger partial charge in [-0.1, -0.05) is 48.0 Å². The Kier molecular flexibility index (Phi) is 5.80. The fraction of sp³-hybridized carbons (Fsp3) is 0.300. The number of ether oxygens (including phenoxy) is 1. The van der Waals surface area contributed by atoms with Crippen LogP contribution >= 0.6 is 0 Å². The molecule has 0 saturated carbocycles. The minimum absolute atomic E-state index is 0.0605. The topological polar surface area (TPSA) is 73.1 Å². The Morgan fingerprint density at radius 3 is 2.67 bits per heavy atom. The third-order valence-corrected chi connectivity index (χ3v) is 4.46. The Morgan fingerprint density at radius 1 is 1.22 bits per heavy atom. The summed E-state index contributed by atoms with van der Waals surface area (Å²) < 4.78 is 6.95. The summed E-state index contributed by atoms with van der Waals surface area (Å²) in [7, 11) is 3.42. The van der Waals surface area contributed by atoms with E-state index in [0.29, 0.717) is 13.0 Å². The predicted octanol–water partition coefficient (Wildman–Crippen LogP) is 2.43. The molecule has 27 heavy (non-hydrogen) atoms. The number of rotatable bonds is 7. The highest BCUT2D eigenvalue weighted by atomic mass is 16.5. The van der Waals surface area contributed by atoms with Crippen molar-refractivity contribution in [1.82, 2.24) is 25.1 Å². The molecule has 0 aliphatic heterocycles. The molecule has 1 aromatic heterocycles. The van der Waals surface area contributed by atoms with Gasteiger partial charge in [0.25, 0.3) is 0 Å². The van der Waals surface area contributed by atoms with E-state index in [4.69, 9.17) is 4.74 Å². The molecule has 0 aliphatic carbocycles. The number of carbonyl (C=O) groups excluding carboxylic acids is 1. The molecular formula is C20H23N5O2. The van der Waals surface area contributed by atoms with Crippen molar-refractivity contribution in [2.45, 2.75) is 25.9 Å². The van der Waals surface area contributed by atoms with E-state index in [-0.39, 0.29) is 5.91 Å². The minimum Gasteiger partial charge on any atom is -0.496 e. The number of methoxy groups -OCH3 is 1. The Balaban J connectivity index is 1.82. The molecule has 0 fully saturated rings. The lowest BCUT2D eigenvalue weighted by atomic mass is 10.0. The monoisotopic (exact) mass is 365 g/mol. The molecule has 7 heteroatoms. The molecule has 0 bridgehead atoms. The number of aryl methyl sites for hydroxylation is 1. The van der Waals surface area contributed by atoms with Crippen molar-refractivity contribution < 1.29 is 9.53 Å². The molecule has 1 unspecified atom stereocenters. The summed E-state index contributed by atoms with van der Waals surface area (Å²) in [4.78, 5) is 14.9. The third-order valence-electron chi connectivity index (χ3n) is 4.46. The summed E-state index contributed by atoms with van der Waals surface area (Å²) in [6.45, 7) is 2.46. The molecule has 0 radical (unpaired) electrons. The third kappa shape index (κ3) is 4.49. The van der Waals surface area contributed by atoms with Crippen LogP contribution in [-0.4, -0.2) is 45.2 Å². The van der Waals surface area contributed by atoms with Gasteiger partial charge in [0.05, 0.1) is 7.11 Å². The summed E-state index contributed by atoms with van der Waals surface area (Å²) in [5.74, 6) is 0.706. The van der Waals surface area contributed by atoms with Crippen LogP contribution in [0.2, 0.25) is 0 Å². The van der Waals surface area contributed by atoms with Crippen molar-refractivity contribution >= 4 is 5.91 Å². The van der Waals surface area contributed by atoms with Crippen LogP contribution in [0.4, 0.5) is 0 Å². The Bertz CT molecular complexity index is 881. The molecule has 0 saturated heterocycles. The number of hydrogen-bond acceptors (Lipinski definition) is 5. The Hall–Kier alpha value is -3.22. The van der Waals surface area contributed by atoms with Gasteiger partial charge in [-0.25, -0.2) is 4.68 Å². The molecule has 2 aromatic carbocycles. The number of amides is 1. The van der Waals surface area contributed by atoms with Gasteiger partial charge in [0.1, 0.15) is 18.1 Å². The molecular weight excluding hydrogens is 342 g/mol. The standard InChI is InChI=1S/C20H23N5O2/c1-15-9-10-19(27-3)17(11-15)13-24(2)20(26)18(25-14-21-22-23-25)12-16-7-5-4-6-8-16/h4-11,14,18H,12-13H2,1-3H3. The molecule has 1 amide bonds. The zero-order valence-electron chi connectivity index (χ0n) is 15.7. The molecule has 140 valence electrons. The maximum absolute atomic E-state index is 13.2. The van der Waals surface area contributed by atoms with Crippen LogP contribution in [0, 0.1) is 6.92 Å². The second-order valence-corrected chi connectivity index (χ2v) is 6.50. The number of benzene rings is 2. The van der Waals surface area contributed by atoms with Crippen molar-refractivity contribution in [3.8, 4) is 5.75 Å². The van der Waals surface area contributed by atoms with E-state index in [1.807, 2.05) is 55.5 Å². The second-order valence-electron chi connectivity index (χ2n) is 6.50. The highest BCUT2D eigenvalue weighted by Crippen LogP contribution is 2.23. The first-order valence-corrected chi connectivity index (χ1v) is 8.73. The van der Waals surface area contributed by atoms with E-state index in [0.717, 1.165) is 22.4 Å². The number of aromatic nitrogens is 4. The molecule has 0 aliphatic rings. The number of tetrazole rings is 1. The van der Waals surface area contributed by atoms with E-state index in [2.05, 4.69) is 15.5 Å². The number of hydrogen-bond donors (Lipinski definition) is 0. The highest BCUT2D eigenvalue weighted by molar-refractivity contribution is 5.80. The second kappa shape index (κ2) is 8.44. The van der Waals surface area contributed by atoms with Gasteiger partial charge in [0.2, 0.25) is 5.91 Å². The van der Waals surface area contributed by atoms with Gasteiger partial charge in [-0.15, -0.1) is 5.10 Å². The maximum atomic E-state index is 13.2. The lowest BCUT2D eigenvalue weighted by molar-refractivity contribution is -0.134. The SMILES string of the molecule is COc1ccc(C)cc1CN(C)C(=O)C(Cc1ccccc1)n1cnnn1. The van der Waals surface area contributed by atoms with Crippen LogP contribution in [0.25, 0.3) is 0 Å². The molecule has 1 atom stereocenters. The van der Waals surface area contributed by atoms with Gasteiger partial charge in [0.15, 0.2) is 0 Å². The zero-order chi connectivity index (χ0) is 19.2. The van der Waals surface area contributed by atoms with E-state index in [1.54, 1.807) is 19.1 Å². The molecule has 0 spiro atoms. The minimum atomic E-state index is -0.511. The average molecular weight is 365 g/mol. The fourth-order valence-electron chi connectivity index (χ4n) is 3.06. The smallest absolute Gasteiger partial charge is 0.247 e. The van der Waals surface area contributed by atoms with Crippen LogP contribution in [0.5, 0.6) is 5.75 Å². The van der Waals surface area contributed by atoms with Gasteiger partial charge in [-0.05, 0) is 29.0 Å². The highest BCUT2D eigenvalue weighted by Gasteiger charge is 2.26. The normalized spacial score (nSPS) is 11.8. The fourth-order valence-corrected chi connectivity index (χ4v) is 3.06. The van der Waals surface area contributed by atoms with Crippen LogP contribution in [-0.2, 0) is 17.8 Å². The van der Waals surface area contributed by atoms with E-state index < -0.39 is 6.04 Å². The zero-order valence-corrected chi connectivity index (χ0v) is 15.7. The summed E-state index contributed by atoms with van der Waals surface area (Å²) >= 11 is 0. The molecule has 0 N–H and O–H groups in total. The van der Waals surface area contributed by atoms with Gasteiger partial charge in [-0.2, -0.15) is 0 Å². The van der Waals surface area contributed by atoms with Crippen LogP contribution in [0.15, 0.2) is 54.9 Å². The maximum Gasteiger partial charge on any atom is 0.247 e. The Morgan fingerprint density at radius 2 is 2.00 bits per heavy atom. The quantitative estimate of drug-likeness (QED) is 0.643. The summed E-state index contributed by atoms with van der Waals surface area (Å²) in [5.41, 5.74) is 3.13. The van der Waals surface area contributed by atoms with Crippen molar-refractivity contribution in [3.05, 3.63) is 71.5 Å². The van der Waals surface area contributed by atoms with Gasteiger partial charge >= 0.3 is 0 Å². The molecule has 3 rings (SSSR count). The lowest BCUT2D eigenvalue weighted by Gasteiger charge is -2.24. The van der Waals surface area contributed by atoms with E-state index >= 15 is 0 Å². The summed E-state index contributed by atoms with van der Waals surface area (Å²) in [6, 6.07) is 15.3. The predicted molar refractivity (Wildman–Crippen MR) is 101 cm³/mol. The van der Waals surface area contributed by atoms with Gasteiger partial charge in [0, 0.05) is 25.6 Å². The van der Waals surface area contributed by atoms with E-state index in [9.17, 15) is 4.79 Å². The molecule has 1 heterocycles. The first kappa shape index (κ1) is 18.6. The average Bonchev–Trinajstić information content (AvgIpc) is 3.21. The number of nitrogens with zero attached hydrogens (tertiary/aromatic N) is 5. The van der Waals surface area contributed by atoms with Crippen molar-refractivity contribution in [2.75, 3.05) is 14.2 Å². The molecule has 7 nitrogen and oxygen atoms in total. The number of carbonyl (C=O) groups is 1. The van der Waals surface area contributed by atoms with Gasteiger partial charge in [-0.3, -0.25) is 4.79 Å². The van der Waals surface area contributed by atoms with Crippen molar-refractivity contribution in [1.29, 1.82) is 0 Å². The van der Waals surface area contributed by atoms with Crippen molar-refractivity contribution in [3.63, 3.8) is 0 Å². The first-order chi connectivity index (χ1) is 13.1. The number of likely N-dealkylation sites (N-methyl/N-ethyl adjacent to an activating group) is 1.